The van der Waals surface area contributed by atoms with Gasteiger partial charge >= 0.3 is 6.36 Å². The minimum absolute atomic E-state index is 0.116. The van der Waals surface area contributed by atoms with E-state index >= 15 is 0 Å². The molecule has 0 spiro atoms. The van der Waals surface area contributed by atoms with Gasteiger partial charge in [0.25, 0.3) is 0 Å². The van der Waals surface area contributed by atoms with E-state index in [4.69, 9.17) is 0 Å². The van der Waals surface area contributed by atoms with Gasteiger partial charge in [0.05, 0.1) is 11.6 Å². The molecule has 1 N–H and O–H groups in total. The number of benzene rings is 1. The Morgan fingerprint density at radius 2 is 1.84 bits per heavy atom. The molecule has 1 amide bonds. The molecule has 0 fully saturated rings. The molecule has 1 aliphatic rings. The SMILES string of the molecule is CC(C)(C)C1C(=O)Nc2c(OC(F)(F)F)cccc21. The lowest BCUT2D eigenvalue weighted by molar-refractivity contribution is -0.274. The van der Waals surface area contributed by atoms with Crippen LogP contribution in [0.1, 0.15) is 32.3 Å². The van der Waals surface area contributed by atoms with Crippen molar-refractivity contribution < 1.29 is 22.7 Å². The molecular formula is C13H14F3NO2. The predicted octanol–water partition coefficient (Wildman–Crippen LogP) is 3.67. The number of fused-ring (bicyclic) bond motifs is 1. The number of alkyl halides is 3. The Kier molecular flexibility index (Phi) is 2.99. The van der Waals surface area contributed by atoms with Crippen molar-refractivity contribution in [3.8, 4) is 5.75 Å². The average molecular weight is 273 g/mol. The summed E-state index contributed by atoms with van der Waals surface area (Å²) in [5.74, 6) is -1.16. The van der Waals surface area contributed by atoms with E-state index in [2.05, 4.69) is 10.1 Å². The van der Waals surface area contributed by atoms with Gasteiger partial charge in [-0.3, -0.25) is 4.79 Å². The smallest absolute Gasteiger partial charge is 0.404 e. The lowest BCUT2D eigenvalue weighted by atomic mass is 9.77. The molecule has 1 atom stereocenters. The van der Waals surface area contributed by atoms with Gasteiger partial charge in [0.1, 0.15) is 0 Å². The number of anilines is 1. The van der Waals surface area contributed by atoms with Crippen LogP contribution in [-0.2, 0) is 4.79 Å². The molecule has 1 aliphatic heterocycles. The van der Waals surface area contributed by atoms with Crippen molar-refractivity contribution in [1.82, 2.24) is 0 Å². The molecule has 19 heavy (non-hydrogen) atoms. The summed E-state index contributed by atoms with van der Waals surface area (Å²) in [6, 6.07) is 4.29. The topological polar surface area (TPSA) is 38.3 Å². The molecule has 3 nitrogen and oxygen atoms in total. The second kappa shape index (κ2) is 4.15. The molecule has 0 aliphatic carbocycles. The minimum atomic E-state index is -4.78. The minimum Gasteiger partial charge on any atom is -0.404 e. The second-order valence-corrected chi connectivity index (χ2v) is 5.56. The number of hydrogen-bond donors (Lipinski definition) is 1. The Labute approximate surface area is 108 Å². The largest absolute Gasteiger partial charge is 0.573 e. The van der Waals surface area contributed by atoms with Crippen molar-refractivity contribution in [1.29, 1.82) is 0 Å². The summed E-state index contributed by atoms with van der Waals surface area (Å²) in [7, 11) is 0. The van der Waals surface area contributed by atoms with E-state index in [0.717, 1.165) is 0 Å². The Morgan fingerprint density at radius 3 is 2.37 bits per heavy atom. The molecule has 104 valence electrons. The summed E-state index contributed by atoms with van der Waals surface area (Å²) in [4.78, 5) is 11.9. The standard InChI is InChI=1S/C13H14F3NO2/c1-12(2,3)9-7-5-4-6-8(19-13(14,15)16)10(7)17-11(9)18/h4-6,9H,1-3H3,(H,17,18). The summed E-state index contributed by atoms with van der Waals surface area (Å²) < 4.78 is 40.8. The van der Waals surface area contributed by atoms with E-state index < -0.39 is 12.3 Å². The van der Waals surface area contributed by atoms with Crippen molar-refractivity contribution in [2.24, 2.45) is 5.41 Å². The van der Waals surface area contributed by atoms with Gasteiger partial charge in [-0.15, -0.1) is 13.2 Å². The van der Waals surface area contributed by atoms with Gasteiger partial charge in [0, 0.05) is 0 Å². The highest BCUT2D eigenvalue weighted by Crippen LogP contribution is 2.47. The Morgan fingerprint density at radius 1 is 1.21 bits per heavy atom. The molecular weight excluding hydrogens is 259 g/mol. The normalized spacial score (nSPS) is 19.1. The van der Waals surface area contributed by atoms with Gasteiger partial charge in [0.2, 0.25) is 5.91 Å². The van der Waals surface area contributed by atoms with E-state index in [-0.39, 0.29) is 22.8 Å². The molecule has 1 heterocycles. The maximum atomic E-state index is 12.3. The molecule has 0 aromatic heterocycles. The zero-order chi connectivity index (χ0) is 14.4. The third-order valence-electron chi connectivity index (χ3n) is 2.97. The lowest BCUT2D eigenvalue weighted by Gasteiger charge is -2.25. The van der Waals surface area contributed by atoms with E-state index in [9.17, 15) is 18.0 Å². The fourth-order valence-corrected chi connectivity index (χ4v) is 2.33. The van der Waals surface area contributed by atoms with E-state index in [1.165, 1.54) is 12.1 Å². The number of para-hydroxylation sites is 1. The van der Waals surface area contributed by atoms with Gasteiger partial charge < -0.3 is 10.1 Å². The van der Waals surface area contributed by atoms with Crippen LogP contribution in [0.2, 0.25) is 0 Å². The lowest BCUT2D eigenvalue weighted by Crippen LogP contribution is -2.25. The third kappa shape index (κ3) is 2.67. The molecule has 1 unspecified atom stereocenters. The van der Waals surface area contributed by atoms with Gasteiger partial charge in [-0.2, -0.15) is 0 Å². The molecule has 0 radical (unpaired) electrons. The van der Waals surface area contributed by atoms with Crippen LogP contribution in [0.3, 0.4) is 0 Å². The maximum absolute atomic E-state index is 12.3. The van der Waals surface area contributed by atoms with Crippen LogP contribution in [0.25, 0.3) is 0 Å². The molecule has 2 rings (SSSR count). The van der Waals surface area contributed by atoms with Gasteiger partial charge in [0.15, 0.2) is 5.75 Å². The maximum Gasteiger partial charge on any atom is 0.573 e. The van der Waals surface area contributed by atoms with Crippen molar-refractivity contribution >= 4 is 11.6 Å². The first-order valence-corrected chi connectivity index (χ1v) is 5.79. The van der Waals surface area contributed by atoms with E-state index in [1.807, 2.05) is 20.8 Å². The molecule has 0 saturated heterocycles. The number of halogens is 3. The van der Waals surface area contributed by atoms with Crippen molar-refractivity contribution in [3.05, 3.63) is 23.8 Å². The van der Waals surface area contributed by atoms with Gasteiger partial charge in [-0.1, -0.05) is 32.9 Å². The van der Waals surface area contributed by atoms with Crippen LogP contribution in [0.5, 0.6) is 5.75 Å². The number of ether oxygens (including phenoxy) is 1. The summed E-state index contributed by atoms with van der Waals surface area (Å²) in [5.41, 5.74) is 0.274. The van der Waals surface area contributed by atoms with Gasteiger partial charge in [-0.25, -0.2) is 0 Å². The molecule has 1 aromatic carbocycles. The fourth-order valence-electron chi connectivity index (χ4n) is 2.33. The van der Waals surface area contributed by atoms with E-state index in [1.54, 1.807) is 6.07 Å². The van der Waals surface area contributed by atoms with Crippen LogP contribution >= 0.6 is 0 Å². The highest BCUT2D eigenvalue weighted by Gasteiger charge is 2.42. The summed E-state index contributed by atoms with van der Waals surface area (Å²) in [5, 5.41) is 2.48. The fraction of sp³-hybridized carbons (Fsp3) is 0.462. The van der Waals surface area contributed by atoms with Crippen molar-refractivity contribution in [2.45, 2.75) is 33.1 Å². The molecule has 6 heteroatoms. The number of hydrogen-bond acceptors (Lipinski definition) is 2. The monoisotopic (exact) mass is 273 g/mol. The first kappa shape index (κ1) is 13.7. The Bertz CT molecular complexity index is 518. The Balaban J connectivity index is 2.46. The van der Waals surface area contributed by atoms with Crippen molar-refractivity contribution in [2.75, 3.05) is 5.32 Å². The molecule has 1 aromatic rings. The molecule has 0 bridgehead atoms. The third-order valence-corrected chi connectivity index (χ3v) is 2.97. The quantitative estimate of drug-likeness (QED) is 0.847. The molecule has 0 saturated carbocycles. The van der Waals surface area contributed by atoms with Crippen LogP contribution < -0.4 is 10.1 Å². The van der Waals surface area contributed by atoms with E-state index in [0.29, 0.717) is 5.56 Å². The average Bonchev–Trinajstić information content (AvgIpc) is 2.52. The van der Waals surface area contributed by atoms with Gasteiger partial charge in [-0.05, 0) is 17.0 Å². The van der Waals surface area contributed by atoms with Crippen molar-refractivity contribution in [3.63, 3.8) is 0 Å². The van der Waals surface area contributed by atoms with Crippen LogP contribution in [-0.4, -0.2) is 12.3 Å². The van der Waals surface area contributed by atoms with Crippen LogP contribution in [0, 0.1) is 5.41 Å². The summed E-state index contributed by atoms with van der Waals surface area (Å²) >= 11 is 0. The summed E-state index contributed by atoms with van der Waals surface area (Å²) in [6.45, 7) is 5.59. The zero-order valence-corrected chi connectivity index (χ0v) is 10.8. The van der Waals surface area contributed by atoms with Crippen LogP contribution in [0.4, 0.5) is 18.9 Å². The number of rotatable bonds is 1. The summed E-state index contributed by atoms with van der Waals surface area (Å²) in [6.07, 6.45) is -4.78. The number of carbonyl (C=O) groups excluding carboxylic acids is 1. The van der Waals surface area contributed by atoms with Crippen LogP contribution in [0.15, 0.2) is 18.2 Å². The first-order valence-electron chi connectivity index (χ1n) is 5.79. The first-order chi connectivity index (χ1) is 8.59. The zero-order valence-electron chi connectivity index (χ0n) is 10.8. The number of amides is 1. The number of carbonyl (C=O) groups is 1. The predicted molar refractivity (Wildman–Crippen MR) is 64.0 cm³/mol. The highest BCUT2D eigenvalue weighted by atomic mass is 19.4. The number of nitrogens with one attached hydrogen (secondary N) is 1. The Hall–Kier alpha value is -1.72. The second-order valence-electron chi connectivity index (χ2n) is 5.56. The highest BCUT2D eigenvalue weighted by molar-refractivity contribution is 6.05.